The molecule has 0 aromatic heterocycles. The van der Waals surface area contributed by atoms with Crippen LogP contribution in [0.15, 0.2) is 0 Å². The minimum atomic E-state index is -2.56. The number of hydrogen-bond acceptors (Lipinski definition) is 0. The van der Waals surface area contributed by atoms with Crippen molar-refractivity contribution in [1.82, 2.24) is 0 Å². The Hall–Kier alpha value is 0.150. The molecule has 0 aliphatic heterocycles. The molecular formula is C8H15ClF2. The van der Waals surface area contributed by atoms with Crippen molar-refractivity contribution in [2.45, 2.75) is 39.5 Å². The van der Waals surface area contributed by atoms with Gasteiger partial charge in [-0.05, 0) is 5.41 Å². The van der Waals surface area contributed by atoms with E-state index in [-0.39, 0.29) is 18.7 Å². The van der Waals surface area contributed by atoms with Crippen molar-refractivity contribution in [3.8, 4) is 0 Å². The second-order valence-electron chi connectivity index (χ2n) is 3.68. The summed E-state index contributed by atoms with van der Waals surface area (Å²) in [5.74, 6) is -2.28. The van der Waals surface area contributed by atoms with Crippen LogP contribution in [-0.2, 0) is 0 Å². The SMILES string of the molecule is CCC(F)(F)CC(C)(C)CCl. The van der Waals surface area contributed by atoms with Gasteiger partial charge in [0.05, 0.1) is 0 Å². The lowest BCUT2D eigenvalue weighted by atomic mass is 9.88. The summed E-state index contributed by atoms with van der Waals surface area (Å²) < 4.78 is 25.6. The van der Waals surface area contributed by atoms with Gasteiger partial charge < -0.3 is 0 Å². The van der Waals surface area contributed by atoms with Gasteiger partial charge in [0.15, 0.2) is 0 Å². The first-order valence-electron chi connectivity index (χ1n) is 3.77. The Morgan fingerprint density at radius 1 is 1.27 bits per heavy atom. The van der Waals surface area contributed by atoms with E-state index in [0.717, 1.165) is 0 Å². The predicted octanol–water partition coefficient (Wildman–Crippen LogP) is 3.69. The van der Waals surface area contributed by atoms with Crippen LogP contribution in [0.25, 0.3) is 0 Å². The smallest absolute Gasteiger partial charge is 0.207 e. The van der Waals surface area contributed by atoms with E-state index in [2.05, 4.69) is 0 Å². The molecule has 0 atom stereocenters. The zero-order valence-corrected chi connectivity index (χ0v) is 8.01. The first kappa shape index (κ1) is 11.2. The fourth-order valence-electron chi connectivity index (χ4n) is 0.872. The minimum Gasteiger partial charge on any atom is -0.207 e. The molecule has 0 saturated carbocycles. The average molecular weight is 185 g/mol. The van der Waals surface area contributed by atoms with Gasteiger partial charge in [-0.15, -0.1) is 11.6 Å². The second-order valence-corrected chi connectivity index (χ2v) is 3.95. The maximum atomic E-state index is 12.8. The Bertz CT molecular complexity index is 107. The normalized spacial score (nSPS) is 13.6. The largest absolute Gasteiger partial charge is 0.248 e. The summed E-state index contributed by atoms with van der Waals surface area (Å²) in [7, 11) is 0. The molecule has 3 heteroatoms. The minimum absolute atomic E-state index is 0.104. The Morgan fingerprint density at radius 3 is 2.00 bits per heavy atom. The number of alkyl halides is 3. The molecule has 0 unspecified atom stereocenters. The van der Waals surface area contributed by atoms with Gasteiger partial charge in [0.1, 0.15) is 0 Å². The van der Waals surface area contributed by atoms with Crippen LogP contribution in [-0.4, -0.2) is 11.8 Å². The van der Waals surface area contributed by atoms with E-state index >= 15 is 0 Å². The lowest BCUT2D eigenvalue weighted by Crippen LogP contribution is -2.26. The standard InChI is InChI=1S/C8H15ClF2/c1-4-8(10,11)5-7(2,3)6-9/h4-6H2,1-3H3. The van der Waals surface area contributed by atoms with Crippen molar-refractivity contribution >= 4 is 11.6 Å². The molecule has 0 saturated heterocycles. The predicted molar refractivity (Wildman–Crippen MR) is 44.4 cm³/mol. The first-order valence-corrected chi connectivity index (χ1v) is 4.30. The topological polar surface area (TPSA) is 0 Å². The highest BCUT2D eigenvalue weighted by Gasteiger charge is 2.34. The monoisotopic (exact) mass is 184 g/mol. The molecule has 0 heterocycles. The van der Waals surface area contributed by atoms with Crippen LogP contribution in [0.5, 0.6) is 0 Å². The van der Waals surface area contributed by atoms with Gasteiger partial charge in [0.2, 0.25) is 5.92 Å². The molecule has 0 rings (SSSR count). The summed E-state index contributed by atoms with van der Waals surface area (Å²) >= 11 is 5.52. The van der Waals surface area contributed by atoms with E-state index in [9.17, 15) is 8.78 Å². The molecule has 0 nitrogen and oxygen atoms in total. The van der Waals surface area contributed by atoms with Crippen molar-refractivity contribution in [1.29, 1.82) is 0 Å². The molecule has 0 aromatic rings. The fraction of sp³-hybridized carbons (Fsp3) is 1.00. The number of hydrogen-bond donors (Lipinski definition) is 0. The summed E-state index contributed by atoms with van der Waals surface area (Å²) in [4.78, 5) is 0. The zero-order valence-electron chi connectivity index (χ0n) is 7.26. The maximum absolute atomic E-state index is 12.8. The van der Waals surface area contributed by atoms with Crippen LogP contribution >= 0.6 is 11.6 Å². The van der Waals surface area contributed by atoms with E-state index in [4.69, 9.17) is 11.6 Å². The van der Waals surface area contributed by atoms with Crippen molar-refractivity contribution in [2.24, 2.45) is 5.41 Å². The molecule has 0 spiro atoms. The highest BCUT2D eigenvalue weighted by molar-refractivity contribution is 6.18. The van der Waals surface area contributed by atoms with Crippen LogP contribution in [0.4, 0.5) is 8.78 Å². The zero-order chi connectivity index (χ0) is 9.12. The van der Waals surface area contributed by atoms with E-state index in [1.807, 2.05) is 0 Å². The van der Waals surface area contributed by atoms with E-state index < -0.39 is 11.3 Å². The summed E-state index contributed by atoms with van der Waals surface area (Å²) in [5, 5.41) is 0. The van der Waals surface area contributed by atoms with Crippen molar-refractivity contribution in [2.75, 3.05) is 5.88 Å². The van der Waals surface area contributed by atoms with E-state index in [1.165, 1.54) is 6.92 Å². The molecule has 0 amide bonds. The Labute approximate surface area is 71.9 Å². The Morgan fingerprint density at radius 2 is 1.73 bits per heavy atom. The summed E-state index contributed by atoms with van der Waals surface area (Å²) in [6, 6.07) is 0. The lowest BCUT2D eigenvalue weighted by Gasteiger charge is -2.26. The van der Waals surface area contributed by atoms with E-state index in [1.54, 1.807) is 13.8 Å². The molecule has 68 valence electrons. The fourth-order valence-corrected chi connectivity index (χ4v) is 0.967. The molecule has 0 aliphatic rings. The van der Waals surface area contributed by atoms with Crippen LogP contribution in [0.1, 0.15) is 33.6 Å². The van der Waals surface area contributed by atoms with Crippen LogP contribution in [0.3, 0.4) is 0 Å². The van der Waals surface area contributed by atoms with Crippen molar-refractivity contribution < 1.29 is 8.78 Å². The van der Waals surface area contributed by atoms with Crippen LogP contribution in [0, 0.1) is 5.41 Å². The van der Waals surface area contributed by atoms with Gasteiger partial charge in [-0.25, -0.2) is 8.78 Å². The lowest BCUT2D eigenvalue weighted by molar-refractivity contribution is -0.0380. The quantitative estimate of drug-likeness (QED) is 0.585. The average Bonchev–Trinajstić information content (AvgIpc) is 1.86. The molecule has 0 aromatic carbocycles. The third kappa shape index (κ3) is 4.57. The maximum Gasteiger partial charge on any atom is 0.248 e. The number of halogens is 3. The second kappa shape index (κ2) is 3.70. The molecular weight excluding hydrogens is 170 g/mol. The number of rotatable bonds is 4. The summed E-state index contributed by atoms with van der Waals surface area (Å²) in [6.07, 6.45) is -0.229. The van der Waals surface area contributed by atoms with Crippen molar-refractivity contribution in [3.05, 3.63) is 0 Å². The highest BCUT2D eigenvalue weighted by Crippen LogP contribution is 2.34. The van der Waals surface area contributed by atoms with Gasteiger partial charge in [0.25, 0.3) is 0 Å². The third-order valence-electron chi connectivity index (χ3n) is 1.62. The molecule has 0 bridgehead atoms. The molecule has 0 aliphatic carbocycles. The summed E-state index contributed by atoms with van der Waals surface area (Å²) in [5.41, 5.74) is -0.457. The van der Waals surface area contributed by atoms with Gasteiger partial charge in [-0.1, -0.05) is 20.8 Å². The highest BCUT2D eigenvalue weighted by atomic mass is 35.5. The van der Waals surface area contributed by atoms with Crippen LogP contribution in [0.2, 0.25) is 0 Å². The van der Waals surface area contributed by atoms with Crippen LogP contribution < -0.4 is 0 Å². The van der Waals surface area contributed by atoms with Crippen molar-refractivity contribution in [3.63, 3.8) is 0 Å². The first-order chi connectivity index (χ1) is 4.83. The van der Waals surface area contributed by atoms with Gasteiger partial charge >= 0.3 is 0 Å². The molecule has 0 N–H and O–H groups in total. The molecule has 11 heavy (non-hydrogen) atoms. The molecule has 0 fully saturated rings. The molecule has 0 radical (unpaired) electrons. The van der Waals surface area contributed by atoms with E-state index in [0.29, 0.717) is 0 Å². The van der Waals surface area contributed by atoms with Gasteiger partial charge in [-0.2, -0.15) is 0 Å². The third-order valence-corrected chi connectivity index (χ3v) is 2.34. The Kier molecular flexibility index (Phi) is 3.75. The Balaban J connectivity index is 4.02. The summed E-state index contributed by atoms with van der Waals surface area (Å²) in [6.45, 7) is 5.00. The van der Waals surface area contributed by atoms with Gasteiger partial charge in [0, 0.05) is 18.7 Å². The van der Waals surface area contributed by atoms with Gasteiger partial charge in [-0.3, -0.25) is 0 Å².